The van der Waals surface area contributed by atoms with Gasteiger partial charge in [0.2, 0.25) is 5.91 Å². The molecule has 4 saturated carbocycles. The van der Waals surface area contributed by atoms with Crippen LogP contribution in [0, 0.1) is 34.5 Å². The lowest BCUT2D eigenvalue weighted by Crippen LogP contribution is -2.54. The van der Waals surface area contributed by atoms with Crippen LogP contribution in [-0.2, 0) is 33.3 Å². The number of ketones is 1. The summed E-state index contributed by atoms with van der Waals surface area (Å²) in [4.78, 5) is 24.6. The maximum Gasteiger partial charge on any atom is 0.246 e. The first-order valence-electron chi connectivity index (χ1n) is 16.1. The first kappa shape index (κ1) is 31.9. The summed E-state index contributed by atoms with van der Waals surface area (Å²) < 4.78 is 28.1. The van der Waals surface area contributed by atoms with Crippen molar-refractivity contribution >= 4 is 11.7 Å². The normalized spacial score (nSPS) is 35.2. The van der Waals surface area contributed by atoms with E-state index in [1.807, 2.05) is 0 Å². The van der Waals surface area contributed by atoms with Gasteiger partial charge >= 0.3 is 0 Å². The number of Topliss-reactive ketones (excluding diaryl/α,β-unsaturated/α-hetero) is 1. The molecule has 8 heteroatoms. The van der Waals surface area contributed by atoms with Gasteiger partial charge in [0.05, 0.1) is 52.4 Å². The minimum absolute atomic E-state index is 0.0689. The number of carbonyl (C=O) groups excluding carboxylic acids is 2. The van der Waals surface area contributed by atoms with Crippen molar-refractivity contribution in [3.05, 3.63) is 0 Å². The molecule has 0 saturated heterocycles. The van der Waals surface area contributed by atoms with Crippen molar-refractivity contribution in [3.8, 4) is 0 Å². The maximum atomic E-state index is 12.5. The molecule has 4 aliphatic carbocycles. The van der Waals surface area contributed by atoms with Crippen LogP contribution in [0.3, 0.4) is 0 Å². The summed E-state index contributed by atoms with van der Waals surface area (Å²) in [6.45, 7) is 12.1. The molecule has 4 fully saturated rings. The van der Waals surface area contributed by atoms with Gasteiger partial charge < -0.3 is 29.0 Å². The Labute approximate surface area is 241 Å². The smallest absolute Gasteiger partial charge is 0.246 e. The summed E-state index contributed by atoms with van der Waals surface area (Å²) in [5, 5.41) is 2.93. The summed E-state index contributed by atoms with van der Waals surface area (Å²) in [6, 6.07) is 0. The molecule has 0 aromatic heterocycles. The van der Waals surface area contributed by atoms with E-state index in [1.165, 1.54) is 32.1 Å². The summed E-state index contributed by atoms with van der Waals surface area (Å²) >= 11 is 0. The summed E-state index contributed by atoms with van der Waals surface area (Å²) in [5.41, 5.74) is 0.495. The van der Waals surface area contributed by atoms with Crippen LogP contribution in [0.25, 0.3) is 0 Å². The first-order chi connectivity index (χ1) is 19.4. The number of hydrogen-bond acceptors (Lipinski definition) is 7. The molecule has 0 radical (unpaired) electrons. The number of amides is 1. The van der Waals surface area contributed by atoms with Crippen LogP contribution < -0.4 is 5.32 Å². The number of fused-ring (bicyclic) bond motifs is 5. The van der Waals surface area contributed by atoms with Crippen molar-refractivity contribution in [2.24, 2.45) is 34.5 Å². The Morgan fingerprint density at radius 1 is 0.800 bits per heavy atom. The van der Waals surface area contributed by atoms with E-state index in [0.717, 1.165) is 50.5 Å². The van der Waals surface area contributed by atoms with Crippen LogP contribution in [0.15, 0.2) is 0 Å². The van der Waals surface area contributed by atoms with Gasteiger partial charge in [-0.1, -0.05) is 20.8 Å². The molecule has 0 bridgehead atoms. The van der Waals surface area contributed by atoms with Crippen molar-refractivity contribution in [2.75, 3.05) is 66.0 Å². The third kappa shape index (κ3) is 7.85. The third-order valence-corrected chi connectivity index (χ3v) is 10.8. The Balaban J connectivity index is 1.06. The molecule has 0 unspecified atom stereocenters. The van der Waals surface area contributed by atoms with E-state index in [2.05, 4.69) is 26.1 Å². The number of hydrogen-bond donors (Lipinski definition) is 1. The van der Waals surface area contributed by atoms with Crippen LogP contribution in [0.2, 0.25) is 0 Å². The summed E-state index contributed by atoms with van der Waals surface area (Å²) in [5.74, 6) is 3.17. The molecule has 4 rings (SSSR count). The quantitative estimate of drug-likeness (QED) is 0.258. The highest BCUT2D eigenvalue weighted by atomic mass is 16.6. The second-order valence-electron chi connectivity index (χ2n) is 13.1. The second kappa shape index (κ2) is 15.4. The van der Waals surface area contributed by atoms with Crippen LogP contribution in [0.5, 0.6) is 0 Å². The van der Waals surface area contributed by atoms with Crippen LogP contribution in [0.4, 0.5) is 0 Å². The lowest BCUT2D eigenvalue weighted by atomic mass is 9.45. The number of carbonyl (C=O) groups is 2. The van der Waals surface area contributed by atoms with Gasteiger partial charge in [0.25, 0.3) is 0 Å². The number of nitrogens with one attached hydrogen (secondary N) is 1. The van der Waals surface area contributed by atoms with Gasteiger partial charge in [-0.2, -0.15) is 0 Å². The van der Waals surface area contributed by atoms with E-state index in [0.29, 0.717) is 75.8 Å². The van der Waals surface area contributed by atoms with E-state index < -0.39 is 0 Å². The molecule has 7 atom stereocenters. The Kier molecular flexibility index (Phi) is 12.3. The average molecular weight is 566 g/mol. The molecular formula is C32H55NO7. The lowest BCUT2D eigenvalue weighted by molar-refractivity contribution is -0.149. The van der Waals surface area contributed by atoms with E-state index in [1.54, 1.807) is 0 Å². The van der Waals surface area contributed by atoms with E-state index in [-0.39, 0.29) is 24.0 Å². The fourth-order valence-electron chi connectivity index (χ4n) is 8.67. The molecule has 230 valence electrons. The van der Waals surface area contributed by atoms with Gasteiger partial charge in [-0.25, -0.2) is 0 Å². The molecule has 0 aromatic carbocycles. The highest BCUT2D eigenvalue weighted by molar-refractivity contribution is 5.79. The zero-order valence-electron chi connectivity index (χ0n) is 25.4. The predicted octanol–water partition coefficient (Wildman–Crippen LogP) is 4.58. The van der Waals surface area contributed by atoms with Gasteiger partial charge in [0, 0.05) is 26.0 Å². The molecule has 0 heterocycles. The number of ether oxygens (including phenoxy) is 5. The highest BCUT2D eigenvalue weighted by Gasteiger charge is 2.60. The van der Waals surface area contributed by atoms with Crippen molar-refractivity contribution in [1.29, 1.82) is 0 Å². The van der Waals surface area contributed by atoms with Gasteiger partial charge in [-0.05, 0) is 85.9 Å². The molecule has 0 aliphatic heterocycles. The second-order valence-corrected chi connectivity index (χ2v) is 13.1. The van der Waals surface area contributed by atoms with Crippen molar-refractivity contribution in [1.82, 2.24) is 5.32 Å². The Hall–Kier alpha value is -1.06. The zero-order valence-corrected chi connectivity index (χ0v) is 25.4. The fourth-order valence-corrected chi connectivity index (χ4v) is 8.67. The third-order valence-electron chi connectivity index (χ3n) is 10.8. The molecule has 0 aromatic rings. The van der Waals surface area contributed by atoms with E-state index >= 15 is 0 Å². The lowest BCUT2D eigenvalue weighted by Gasteiger charge is -2.60. The van der Waals surface area contributed by atoms with Crippen molar-refractivity contribution in [3.63, 3.8) is 0 Å². The average Bonchev–Trinajstić information content (AvgIpc) is 3.28. The van der Waals surface area contributed by atoms with Gasteiger partial charge in [0.15, 0.2) is 0 Å². The van der Waals surface area contributed by atoms with Gasteiger partial charge in [-0.15, -0.1) is 0 Å². The molecule has 1 N–H and O–H groups in total. The summed E-state index contributed by atoms with van der Waals surface area (Å²) in [7, 11) is 0. The highest BCUT2D eigenvalue weighted by Crippen LogP contribution is 2.66. The Morgan fingerprint density at radius 2 is 1.45 bits per heavy atom. The SMILES string of the molecule is CCCOCCOCCOCCOCCNC(=O)CO[C@H]1CC[C@H]2[C@@H]3CC[C@H]4CC(=O)CC[C@]4(C)[C@H]3CC[C@]12C. The monoisotopic (exact) mass is 565 g/mol. The van der Waals surface area contributed by atoms with Crippen LogP contribution in [0.1, 0.15) is 85.0 Å². The Bertz CT molecular complexity index is 808. The van der Waals surface area contributed by atoms with Gasteiger partial charge in [-0.3, -0.25) is 9.59 Å². The van der Waals surface area contributed by atoms with Crippen LogP contribution >= 0.6 is 0 Å². The Morgan fingerprint density at radius 3 is 2.15 bits per heavy atom. The fraction of sp³-hybridized carbons (Fsp3) is 0.938. The molecule has 4 aliphatic rings. The van der Waals surface area contributed by atoms with Crippen LogP contribution in [-0.4, -0.2) is 83.8 Å². The molecule has 1 amide bonds. The number of rotatable bonds is 17. The van der Waals surface area contributed by atoms with E-state index in [4.69, 9.17) is 23.7 Å². The largest absolute Gasteiger partial charge is 0.379 e. The predicted molar refractivity (Wildman–Crippen MR) is 153 cm³/mol. The van der Waals surface area contributed by atoms with Crippen molar-refractivity contribution in [2.45, 2.75) is 91.1 Å². The first-order valence-corrected chi connectivity index (χ1v) is 16.1. The van der Waals surface area contributed by atoms with E-state index in [9.17, 15) is 9.59 Å². The molecular weight excluding hydrogens is 510 g/mol. The standard InChI is InChI=1S/C32H55NO7/c1-4-14-36-16-18-38-20-21-39-19-17-37-15-13-33-30(35)23-40-29-8-7-27-26-6-5-24-22-25(34)9-11-31(24,2)28(26)10-12-32(27,29)3/h24,26-29H,4-23H2,1-3H3,(H,33,35)/t24-,26-,27-,28-,29-,31-,32-/m0/s1. The van der Waals surface area contributed by atoms with Gasteiger partial charge in [0.1, 0.15) is 12.4 Å². The minimum Gasteiger partial charge on any atom is -0.379 e. The van der Waals surface area contributed by atoms with Crippen molar-refractivity contribution < 1.29 is 33.3 Å². The minimum atomic E-state index is -0.0689. The zero-order chi connectivity index (χ0) is 28.4. The molecule has 0 spiro atoms. The topological polar surface area (TPSA) is 92.3 Å². The molecule has 40 heavy (non-hydrogen) atoms. The maximum absolute atomic E-state index is 12.5. The molecule has 8 nitrogen and oxygen atoms in total. The summed E-state index contributed by atoms with van der Waals surface area (Å²) in [6.07, 6.45) is 11.0.